The number of aromatic nitrogens is 3. The van der Waals surface area contributed by atoms with Gasteiger partial charge in [-0.05, 0) is 37.1 Å². The molecule has 1 aromatic carbocycles. The summed E-state index contributed by atoms with van der Waals surface area (Å²) >= 11 is 0. The van der Waals surface area contributed by atoms with Gasteiger partial charge in [0.1, 0.15) is 5.75 Å². The van der Waals surface area contributed by atoms with Crippen molar-refractivity contribution >= 4 is 5.97 Å². The Morgan fingerprint density at radius 3 is 2.74 bits per heavy atom. The Kier molecular flexibility index (Phi) is 3.50. The van der Waals surface area contributed by atoms with E-state index in [0.717, 1.165) is 17.0 Å². The second-order valence-electron chi connectivity index (χ2n) is 4.11. The van der Waals surface area contributed by atoms with Gasteiger partial charge in [-0.25, -0.2) is 9.48 Å². The van der Waals surface area contributed by atoms with Crippen LogP contribution in [-0.4, -0.2) is 33.2 Å². The predicted octanol–water partition coefficient (Wildman–Crippen LogP) is 1.84. The number of benzene rings is 1. The first-order chi connectivity index (χ1) is 9.08. The maximum atomic E-state index is 11.1. The second kappa shape index (κ2) is 5.09. The van der Waals surface area contributed by atoms with Crippen LogP contribution in [0.25, 0.3) is 5.69 Å². The Morgan fingerprint density at radius 2 is 2.21 bits per heavy atom. The highest BCUT2D eigenvalue weighted by molar-refractivity contribution is 5.86. The number of carbonyl (C=O) groups is 1. The SMILES string of the molecule is CCc1c(C(=O)O)nnn1-c1ccc(OC)cc1C. The molecule has 2 aromatic rings. The van der Waals surface area contributed by atoms with Gasteiger partial charge in [0.15, 0.2) is 5.69 Å². The van der Waals surface area contributed by atoms with Gasteiger partial charge in [-0.1, -0.05) is 12.1 Å². The summed E-state index contributed by atoms with van der Waals surface area (Å²) in [5.74, 6) is -0.313. The Morgan fingerprint density at radius 1 is 1.47 bits per heavy atom. The Labute approximate surface area is 110 Å². The van der Waals surface area contributed by atoms with Crippen LogP contribution in [0.3, 0.4) is 0 Å². The van der Waals surface area contributed by atoms with E-state index in [2.05, 4.69) is 10.3 Å². The molecule has 6 nitrogen and oxygen atoms in total. The van der Waals surface area contributed by atoms with Gasteiger partial charge in [-0.2, -0.15) is 0 Å². The van der Waals surface area contributed by atoms with Crippen molar-refractivity contribution in [2.45, 2.75) is 20.3 Å². The van der Waals surface area contributed by atoms with Crippen molar-refractivity contribution < 1.29 is 14.6 Å². The zero-order valence-electron chi connectivity index (χ0n) is 11.0. The van der Waals surface area contributed by atoms with Gasteiger partial charge >= 0.3 is 5.97 Å². The van der Waals surface area contributed by atoms with Crippen LogP contribution in [0, 0.1) is 6.92 Å². The molecule has 0 fully saturated rings. The van der Waals surface area contributed by atoms with Gasteiger partial charge in [0.2, 0.25) is 0 Å². The van der Waals surface area contributed by atoms with Gasteiger partial charge in [0.05, 0.1) is 18.5 Å². The third kappa shape index (κ3) is 2.29. The molecule has 0 bridgehead atoms. The molecule has 0 aliphatic heterocycles. The molecule has 0 unspecified atom stereocenters. The Hall–Kier alpha value is -2.37. The number of carboxylic acid groups (broad SMARTS) is 1. The van der Waals surface area contributed by atoms with E-state index >= 15 is 0 Å². The number of ether oxygens (including phenoxy) is 1. The molecule has 0 saturated heterocycles. The number of hydrogen-bond donors (Lipinski definition) is 1. The van der Waals surface area contributed by atoms with Crippen LogP contribution in [-0.2, 0) is 6.42 Å². The quantitative estimate of drug-likeness (QED) is 0.908. The molecule has 6 heteroatoms. The summed E-state index contributed by atoms with van der Waals surface area (Å²) in [6.45, 7) is 3.79. The van der Waals surface area contributed by atoms with Crippen LogP contribution in [0.4, 0.5) is 0 Å². The molecule has 1 heterocycles. The van der Waals surface area contributed by atoms with Crippen molar-refractivity contribution in [3.63, 3.8) is 0 Å². The van der Waals surface area contributed by atoms with Gasteiger partial charge in [0, 0.05) is 0 Å². The van der Waals surface area contributed by atoms with Crippen molar-refractivity contribution in [1.29, 1.82) is 0 Å². The molecular weight excluding hydrogens is 246 g/mol. The normalized spacial score (nSPS) is 10.5. The monoisotopic (exact) mass is 261 g/mol. The molecule has 0 radical (unpaired) electrons. The van der Waals surface area contributed by atoms with Crippen LogP contribution in [0.1, 0.15) is 28.7 Å². The van der Waals surface area contributed by atoms with Crippen molar-refractivity contribution in [2.75, 3.05) is 7.11 Å². The summed E-state index contributed by atoms with van der Waals surface area (Å²) < 4.78 is 6.71. The summed E-state index contributed by atoms with van der Waals surface area (Å²) in [6, 6.07) is 5.52. The first kappa shape index (κ1) is 13.1. The fourth-order valence-electron chi connectivity index (χ4n) is 1.97. The van der Waals surface area contributed by atoms with Gasteiger partial charge < -0.3 is 9.84 Å². The topological polar surface area (TPSA) is 77.2 Å². The lowest BCUT2D eigenvalue weighted by atomic mass is 10.1. The van der Waals surface area contributed by atoms with Crippen LogP contribution in [0.5, 0.6) is 5.75 Å². The minimum atomic E-state index is -1.06. The lowest BCUT2D eigenvalue weighted by Crippen LogP contribution is -2.07. The van der Waals surface area contributed by atoms with Gasteiger partial charge in [0.25, 0.3) is 0 Å². The smallest absolute Gasteiger partial charge is 0.358 e. The first-order valence-electron chi connectivity index (χ1n) is 5.91. The first-order valence-corrected chi connectivity index (χ1v) is 5.91. The molecule has 1 aromatic heterocycles. The number of carboxylic acids is 1. The van der Waals surface area contributed by atoms with Crippen LogP contribution in [0.15, 0.2) is 18.2 Å². The summed E-state index contributed by atoms with van der Waals surface area (Å²) in [5, 5.41) is 16.7. The minimum Gasteiger partial charge on any atom is -0.497 e. The van der Waals surface area contributed by atoms with Gasteiger partial charge in [-0.15, -0.1) is 5.10 Å². The van der Waals surface area contributed by atoms with E-state index in [9.17, 15) is 4.79 Å². The van der Waals surface area contributed by atoms with E-state index in [1.54, 1.807) is 11.8 Å². The van der Waals surface area contributed by atoms with Crippen molar-refractivity contribution in [1.82, 2.24) is 15.0 Å². The number of nitrogens with zero attached hydrogens (tertiary/aromatic N) is 3. The Bertz CT molecular complexity index is 620. The van der Waals surface area contributed by atoms with Crippen molar-refractivity contribution in [2.24, 2.45) is 0 Å². The van der Waals surface area contributed by atoms with E-state index in [0.29, 0.717) is 12.1 Å². The average Bonchev–Trinajstić information content (AvgIpc) is 2.82. The summed E-state index contributed by atoms with van der Waals surface area (Å²) in [6.07, 6.45) is 0.542. The lowest BCUT2D eigenvalue weighted by molar-refractivity contribution is 0.0689. The van der Waals surface area contributed by atoms with Crippen molar-refractivity contribution in [3.8, 4) is 11.4 Å². The summed E-state index contributed by atoms with van der Waals surface area (Å²) in [4.78, 5) is 11.1. The summed E-state index contributed by atoms with van der Waals surface area (Å²) in [7, 11) is 1.60. The number of aryl methyl sites for hydroxylation is 1. The number of rotatable bonds is 4. The maximum absolute atomic E-state index is 11.1. The van der Waals surface area contributed by atoms with E-state index in [1.165, 1.54) is 0 Å². The molecule has 0 saturated carbocycles. The zero-order valence-corrected chi connectivity index (χ0v) is 11.0. The molecule has 2 rings (SSSR count). The maximum Gasteiger partial charge on any atom is 0.358 e. The molecule has 0 spiro atoms. The molecule has 0 aliphatic carbocycles. The highest BCUT2D eigenvalue weighted by atomic mass is 16.5. The standard InChI is InChI=1S/C13H15N3O3/c1-4-10-12(13(17)18)14-15-16(10)11-6-5-9(19-3)7-8(11)2/h5-7H,4H2,1-3H3,(H,17,18). The van der Waals surface area contributed by atoms with Crippen LogP contribution < -0.4 is 4.74 Å². The highest BCUT2D eigenvalue weighted by Crippen LogP contribution is 2.22. The third-order valence-electron chi connectivity index (χ3n) is 2.93. The number of hydrogen-bond acceptors (Lipinski definition) is 4. The zero-order chi connectivity index (χ0) is 14.0. The molecule has 100 valence electrons. The second-order valence-corrected chi connectivity index (χ2v) is 4.11. The summed E-state index contributed by atoms with van der Waals surface area (Å²) in [5.41, 5.74) is 2.33. The molecule has 0 aliphatic rings. The van der Waals surface area contributed by atoms with Crippen LogP contribution >= 0.6 is 0 Å². The Balaban J connectivity index is 2.56. The van der Waals surface area contributed by atoms with E-state index in [4.69, 9.17) is 9.84 Å². The van der Waals surface area contributed by atoms with Gasteiger partial charge in [-0.3, -0.25) is 0 Å². The van der Waals surface area contributed by atoms with Crippen LogP contribution in [0.2, 0.25) is 0 Å². The minimum absolute atomic E-state index is 0.00211. The highest BCUT2D eigenvalue weighted by Gasteiger charge is 2.19. The average molecular weight is 261 g/mol. The molecule has 0 atom stereocenters. The third-order valence-corrected chi connectivity index (χ3v) is 2.93. The number of methoxy groups -OCH3 is 1. The van der Waals surface area contributed by atoms with E-state index in [1.807, 2.05) is 32.0 Å². The molecule has 1 N–H and O–H groups in total. The number of aromatic carboxylic acids is 1. The lowest BCUT2D eigenvalue weighted by Gasteiger charge is -2.10. The molecule has 0 amide bonds. The fraction of sp³-hybridized carbons (Fsp3) is 0.308. The molecule has 19 heavy (non-hydrogen) atoms. The van der Waals surface area contributed by atoms with Crippen molar-refractivity contribution in [3.05, 3.63) is 35.2 Å². The van der Waals surface area contributed by atoms with E-state index in [-0.39, 0.29) is 5.69 Å². The largest absolute Gasteiger partial charge is 0.497 e. The molecular formula is C13H15N3O3. The van der Waals surface area contributed by atoms with E-state index < -0.39 is 5.97 Å². The predicted molar refractivity (Wildman–Crippen MR) is 69.0 cm³/mol. The fourth-order valence-corrected chi connectivity index (χ4v) is 1.97.